The topological polar surface area (TPSA) is 181 Å². The lowest BCUT2D eigenvalue weighted by Crippen LogP contribution is -2.32. The third-order valence-corrected chi connectivity index (χ3v) is 9.77. The van der Waals surface area contributed by atoms with Crippen LogP contribution in [0, 0.1) is 24.7 Å². The summed E-state index contributed by atoms with van der Waals surface area (Å²) >= 11 is 0. The molecule has 54 heavy (non-hydrogen) atoms. The summed E-state index contributed by atoms with van der Waals surface area (Å²) in [5.74, 6) is 1.19. The summed E-state index contributed by atoms with van der Waals surface area (Å²) in [4.78, 5) is 28.0. The van der Waals surface area contributed by atoms with E-state index >= 15 is 0 Å². The first-order valence-corrected chi connectivity index (χ1v) is 18.6. The van der Waals surface area contributed by atoms with E-state index in [1.807, 2.05) is 43.3 Å². The molecule has 5 aromatic rings. The highest BCUT2D eigenvalue weighted by Crippen LogP contribution is 2.31. The van der Waals surface area contributed by atoms with Gasteiger partial charge in [-0.2, -0.15) is 5.26 Å². The Bertz CT molecular complexity index is 2250. The van der Waals surface area contributed by atoms with E-state index in [2.05, 4.69) is 32.8 Å². The quantitative estimate of drug-likeness (QED) is 0.0815. The molecule has 2 amide bonds. The normalized spacial score (nSPS) is 11.1. The molecular formula is C40H42N5O8S. The average molecular weight is 753 g/mol. The average Bonchev–Trinajstić information content (AvgIpc) is 3.63. The number of hydrogen-bond acceptors (Lipinski definition) is 9. The number of aromatic nitrogens is 1. The van der Waals surface area contributed by atoms with E-state index in [0.29, 0.717) is 33.7 Å². The lowest BCUT2D eigenvalue weighted by molar-refractivity contribution is -0.123. The molecule has 14 heteroatoms. The summed E-state index contributed by atoms with van der Waals surface area (Å²) < 4.78 is 50.9. The van der Waals surface area contributed by atoms with Crippen LogP contribution in [0.2, 0.25) is 0 Å². The van der Waals surface area contributed by atoms with Gasteiger partial charge in [0.15, 0.2) is 18.1 Å². The number of ether oxygens (including phenoxy) is 4. The molecule has 1 radical (unpaired) electrons. The Morgan fingerprint density at radius 2 is 1.69 bits per heavy atom. The van der Waals surface area contributed by atoms with Crippen molar-refractivity contribution in [3.63, 3.8) is 0 Å². The number of sulfonamides is 1. The maximum Gasteiger partial charge on any atom is 0.261 e. The Morgan fingerprint density at radius 3 is 2.46 bits per heavy atom. The second kappa shape index (κ2) is 18.6. The summed E-state index contributed by atoms with van der Waals surface area (Å²) in [6, 6.07) is 24.5. The Kier molecular flexibility index (Phi) is 13.5. The molecule has 281 valence electrons. The second-order valence-electron chi connectivity index (χ2n) is 12.1. The summed E-state index contributed by atoms with van der Waals surface area (Å²) in [6.07, 6.45) is 5.26. The molecule has 0 saturated carbocycles. The maximum absolute atomic E-state index is 13.2. The minimum atomic E-state index is -4.06. The van der Waals surface area contributed by atoms with Crippen LogP contribution in [0.1, 0.15) is 39.0 Å². The van der Waals surface area contributed by atoms with Gasteiger partial charge in [0.05, 0.1) is 49.1 Å². The van der Waals surface area contributed by atoms with Gasteiger partial charge in [0.25, 0.3) is 21.8 Å². The summed E-state index contributed by atoms with van der Waals surface area (Å²) in [5.41, 5.74) is 4.28. The number of methoxy groups -OCH3 is 2. The van der Waals surface area contributed by atoms with Crippen LogP contribution in [0.4, 0.5) is 5.69 Å². The molecule has 0 aliphatic carbocycles. The van der Waals surface area contributed by atoms with E-state index < -0.39 is 15.9 Å². The van der Waals surface area contributed by atoms with Gasteiger partial charge in [-0.1, -0.05) is 30.3 Å². The molecule has 4 aromatic carbocycles. The van der Waals surface area contributed by atoms with Crippen molar-refractivity contribution in [2.75, 3.05) is 51.9 Å². The zero-order valence-corrected chi connectivity index (χ0v) is 31.0. The zero-order valence-electron chi connectivity index (χ0n) is 30.2. The van der Waals surface area contributed by atoms with Crippen LogP contribution in [0.5, 0.6) is 17.2 Å². The fourth-order valence-corrected chi connectivity index (χ4v) is 6.80. The molecule has 0 fully saturated rings. The third kappa shape index (κ3) is 10.3. The van der Waals surface area contributed by atoms with Crippen molar-refractivity contribution < 1.29 is 37.0 Å². The van der Waals surface area contributed by atoms with Crippen LogP contribution in [0.3, 0.4) is 0 Å². The summed E-state index contributed by atoms with van der Waals surface area (Å²) in [5, 5.41) is 15.5. The Hall–Kier alpha value is -6.04. The molecule has 0 aliphatic rings. The van der Waals surface area contributed by atoms with Crippen LogP contribution in [0.15, 0.2) is 90.0 Å². The highest BCUT2D eigenvalue weighted by Gasteiger charge is 2.19. The van der Waals surface area contributed by atoms with Gasteiger partial charge in [0.1, 0.15) is 11.8 Å². The van der Waals surface area contributed by atoms with Crippen molar-refractivity contribution in [1.29, 1.82) is 5.26 Å². The minimum Gasteiger partial charge on any atom is -0.493 e. The van der Waals surface area contributed by atoms with E-state index in [9.17, 15) is 23.3 Å². The first kappa shape index (κ1) is 39.2. The smallest absolute Gasteiger partial charge is 0.261 e. The van der Waals surface area contributed by atoms with Crippen molar-refractivity contribution in [3.8, 4) is 23.3 Å². The Morgan fingerprint density at radius 1 is 0.907 bits per heavy atom. The van der Waals surface area contributed by atoms with E-state index in [1.165, 1.54) is 30.5 Å². The SMILES string of the molecule is COc1ccc(CC[CH]c2cccc(OCC(=O)NCCOCCNC(=O)c3cccc(S(=O)(=O)Nc4ccc(C)c5c(C#N)c[nH]c45)c3)c2)cc1OC. The minimum absolute atomic E-state index is 0.0969. The Labute approximate surface area is 314 Å². The maximum atomic E-state index is 13.2. The standard InChI is InChI=1S/C40H42N5O8S/c1-27-13-15-34(39-38(27)31(24-41)25-44-39)45-54(48,49)33-12-6-10-30(23-33)40(47)43-18-20-52-19-17-42-37(46)26-53-32-11-5-9-28(21-32)7-4-8-29-14-16-35(50-2)36(22-29)51-3/h5-7,9-16,21-23,25,44-45H,4,8,17-20,26H2,1-3H3,(H,42,46)(H,43,47). The molecule has 5 rings (SSSR count). The molecule has 1 heterocycles. The van der Waals surface area contributed by atoms with Crippen molar-refractivity contribution in [2.24, 2.45) is 0 Å². The number of fused-ring (bicyclic) bond motifs is 1. The van der Waals surface area contributed by atoms with Gasteiger partial charge < -0.3 is 34.6 Å². The zero-order chi connectivity index (χ0) is 38.5. The van der Waals surface area contributed by atoms with Gasteiger partial charge >= 0.3 is 0 Å². The molecule has 1 aromatic heterocycles. The van der Waals surface area contributed by atoms with Crippen LogP contribution in [-0.2, 0) is 26.0 Å². The fourth-order valence-electron chi connectivity index (χ4n) is 5.68. The van der Waals surface area contributed by atoms with Crippen LogP contribution in [-0.4, -0.2) is 72.3 Å². The lowest BCUT2D eigenvalue weighted by Gasteiger charge is -2.12. The van der Waals surface area contributed by atoms with Crippen molar-refractivity contribution >= 4 is 38.4 Å². The number of amides is 2. The van der Waals surface area contributed by atoms with Crippen molar-refractivity contribution in [3.05, 3.63) is 119 Å². The molecule has 0 atom stereocenters. The summed E-state index contributed by atoms with van der Waals surface area (Å²) in [6.45, 7) is 2.50. The lowest BCUT2D eigenvalue weighted by atomic mass is 10.0. The van der Waals surface area contributed by atoms with E-state index in [0.717, 1.165) is 29.5 Å². The number of anilines is 1. The monoisotopic (exact) mass is 752 g/mol. The summed E-state index contributed by atoms with van der Waals surface area (Å²) in [7, 11) is -0.838. The number of nitriles is 1. The fraction of sp³-hybridized carbons (Fsp3) is 0.250. The Balaban J connectivity index is 0.979. The number of carbonyl (C=O) groups excluding carboxylic acids is 2. The van der Waals surface area contributed by atoms with Gasteiger partial charge in [0, 0.05) is 30.2 Å². The largest absolute Gasteiger partial charge is 0.493 e. The van der Waals surface area contributed by atoms with E-state index in [4.69, 9.17) is 18.9 Å². The number of rotatable bonds is 19. The van der Waals surface area contributed by atoms with Gasteiger partial charge in [0.2, 0.25) is 0 Å². The molecule has 0 spiro atoms. The number of H-pyrrole nitrogens is 1. The van der Waals surface area contributed by atoms with Gasteiger partial charge in [-0.3, -0.25) is 14.3 Å². The van der Waals surface area contributed by atoms with Gasteiger partial charge in [-0.15, -0.1) is 0 Å². The van der Waals surface area contributed by atoms with Gasteiger partial charge in [-0.05, 0) is 91.4 Å². The predicted octanol–water partition coefficient (Wildman–Crippen LogP) is 5.29. The first-order valence-electron chi connectivity index (χ1n) is 17.1. The third-order valence-electron chi connectivity index (χ3n) is 8.40. The van der Waals surface area contributed by atoms with Crippen LogP contribution >= 0.6 is 0 Å². The van der Waals surface area contributed by atoms with Gasteiger partial charge in [-0.25, -0.2) is 8.42 Å². The van der Waals surface area contributed by atoms with Crippen LogP contribution < -0.4 is 29.6 Å². The number of benzene rings is 4. The molecule has 13 nitrogen and oxygen atoms in total. The number of carbonyl (C=O) groups is 2. The van der Waals surface area contributed by atoms with E-state index in [-0.39, 0.29) is 55.0 Å². The molecule has 0 bridgehead atoms. The first-order chi connectivity index (χ1) is 26.1. The molecular weight excluding hydrogens is 711 g/mol. The molecule has 0 aliphatic heterocycles. The number of nitrogens with one attached hydrogen (secondary N) is 4. The number of aryl methyl sites for hydroxylation is 2. The highest BCUT2D eigenvalue weighted by atomic mass is 32.2. The number of hydrogen-bond donors (Lipinski definition) is 4. The predicted molar refractivity (Wildman–Crippen MR) is 204 cm³/mol. The van der Waals surface area contributed by atoms with Crippen molar-refractivity contribution in [1.82, 2.24) is 15.6 Å². The number of nitrogens with zero attached hydrogens (tertiary/aromatic N) is 1. The molecule has 0 unspecified atom stereocenters. The van der Waals surface area contributed by atoms with Crippen molar-refractivity contribution in [2.45, 2.75) is 24.7 Å². The molecule has 0 saturated heterocycles. The molecule has 4 N–H and O–H groups in total. The number of aromatic amines is 1. The van der Waals surface area contributed by atoms with E-state index in [1.54, 1.807) is 32.4 Å². The highest BCUT2D eigenvalue weighted by molar-refractivity contribution is 7.92. The second-order valence-corrected chi connectivity index (χ2v) is 13.8. The van der Waals surface area contributed by atoms with Crippen LogP contribution in [0.25, 0.3) is 10.9 Å².